The van der Waals surface area contributed by atoms with Gasteiger partial charge in [0.1, 0.15) is 0 Å². The van der Waals surface area contributed by atoms with Crippen LogP contribution in [-0.2, 0) is 4.74 Å². The second-order valence-corrected chi connectivity index (χ2v) is 4.50. The van der Waals surface area contributed by atoms with Gasteiger partial charge in [0, 0.05) is 11.0 Å². The smallest absolute Gasteiger partial charge is 0.0662 e. The number of halogens is 1. The molecule has 0 amide bonds. The fourth-order valence-corrected chi connectivity index (χ4v) is 2.13. The maximum atomic E-state index is 5.45. The predicted molar refractivity (Wildman–Crippen MR) is 60.4 cm³/mol. The van der Waals surface area contributed by atoms with Gasteiger partial charge in [-0.25, -0.2) is 0 Å². The first kappa shape index (κ1) is 10.1. The van der Waals surface area contributed by atoms with Gasteiger partial charge < -0.3 is 10.1 Å². The molecule has 1 fully saturated rings. The summed E-state index contributed by atoms with van der Waals surface area (Å²) < 4.78 is 6.58. The molecule has 0 aromatic heterocycles. The highest BCUT2D eigenvalue weighted by atomic mass is 79.9. The van der Waals surface area contributed by atoms with E-state index in [2.05, 4.69) is 46.4 Å². The van der Waals surface area contributed by atoms with Crippen molar-refractivity contribution in [3.63, 3.8) is 0 Å². The molecule has 1 aliphatic rings. The minimum atomic E-state index is 0.348. The SMILES string of the molecule is Cc1ccc(Br)cc1[C@H]1COCCN1. The van der Waals surface area contributed by atoms with Crippen LogP contribution in [0.4, 0.5) is 0 Å². The molecule has 0 aliphatic carbocycles. The van der Waals surface area contributed by atoms with Crippen LogP contribution in [0.15, 0.2) is 22.7 Å². The molecule has 0 radical (unpaired) electrons. The Bertz CT molecular complexity index is 321. The van der Waals surface area contributed by atoms with Crippen molar-refractivity contribution in [3.05, 3.63) is 33.8 Å². The van der Waals surface area contributed by atoms with Gasteiger partial charge in [-0.05, 0) is 30.2 Å². The molecule has 14 heavy (non-hydrogen) atoms. The Morgan fingerprint density at radius 1 is 1.50 bits per heavy atom. The van der Waals surface area contributed by atoms with Crippen LogP contribution >= 0.6 is 15.9 Å². The standard InChI is InChI=1S/C11H14BrNO/c1-8-2-3-9(12)6-10(8)11-7-14-5-4-13-11/h2-3,6,11,13H,4-5,7H2,1H3/t11-/m1/s1. The Morgan fingerprint density at radius 2 is 2.36 bits per heavy atom. The summed E-state index contributed by atoms with van der Waals surface area (Å²) in [6.07, 6.45) is 0. The maximum absolute atomic E-state index is 5.45. The van der Waals surface area contributed by atoms with Crippen molar-refractivity contribution in [1.29, 1.82) is 0 Å². The number of hydrogen-bond donors (Lipinski definition) is 1. The molecule has 1 saturated heterocycles. The average molecular weight is 256 g/mol. The topological polar surface area (TPSA) is 21.3 Å². The van der Waals surface area contributed by atoms with E-state index in [-0.39, 0.29) is 0 Å². The monoisotopic (exact) mass is 255 g/mol. The van der Waals surface area contributed by atoms with Crippen molar-refractivity contribution in [3.8, 4) is 0 Å². The molecule has 1 heterocycles. The van der Waals surface area contributed by atoms with Crippen LogP contribution in [0.2, 0.25) is 0 Å². The number of nitrogens with one attached hydrogen (secondary N) is 1. The molecule has 1 atom stereocenters. The van der Waals surface area contributed by atoms with E-state index >= 15 is 0 Å². The lowest BCUT2D eigenvalue weighted by atomic mass is 10.0. The van der Waals surface area contributed by atoms with E-state index in [9.17, 15) is 0 Å². The highest BCUT2D eigenvalue weighted by molar-refractivity contribution is 9.10. The molecule has 1 aromatic carbocycles. The molecule has 0 unspecified atom stereocenters. The van der Waals surface area contributed by atoms with Gasteiger partial charge in [0.15, 0.2) is 0 Å². The van der Waals surface area contributed by atoms with Gasteiger partial charge in [-0.1, -0.05) is 22.0 Å². The molecular formula is C11H14BrNO. The van der Waals surface area contributed by atoms with E-state index in [1.54, 1.807) is 0 Å². The Balaban J connectivity index is 2.24. The molecule has 76 valence electrons. The molecule has 0 saturated carbocycles. The normalized spacial score (nSPS) is 22.3. The number of rotatable bonds is 1. The van der Waals surface area contributed by atoms with Crippen LogP contribution in [-0.4, -0.2) is 19.8 Å². The highest BCUT2D eigenvalue weighted by Gasteiger charge is 2.16. The van der Waals surface area contributed by atoms with Crippen LogP contribution in [0.5, 0.6) is 0 Å². The van der Waals surface area contributed by atoms with Gasteiger partial charge in [0.2, 0.25) is 0 Å². The van der Waals surface area contributed by atoms with Crippen LogP contribution in [0.25, 0.3) is 0 Å². The van der Waals surface area contributed by atoms with Gasteiger partial charge in [0.25, 0.3) is 0 Å². The zero-order valence-corrected chi connectivity index (χ0v) is 9.80. The lowest BCUT2D eigenvalue weighted by Gasteiger charge is -2.25. The highest BCUT2D eigenvalue weighted by Crippen LogP contribution is 2.23. The Hall–Kier alpha value is -0.380. The van der Waals surface area contributed by atoms with Gasteiger partial charge in [-0.2, -0.15) is 0 Å². The van der Waals surface area contributed by atoms with Gasteiger partial charge in [-0.3, -0.25) is 0 Å². The zero-order chi connectivity index (χ0) is 9.97. The summed E-state index contributed by atoms with van der Waals surface area (Å²) in [4.78, 5) is 0. The number of aryl methyl sites for hydroxylation is 1. The summed E-state index contributed by atoms with van der Waals surface area (Å²) in [6, 6.07) is 6.72. The summed E-state index contributed by atoms with van der Waals surface area (Å²) in [7, 11) is 0. The van der Waals surface area contributed by atoms with E-state index in [4.69, 9.17) is 4.74 Å². The van der Waals surface area contributed by atoms with Crippen LogP contribution in [0.1, 0.15) is 17.2 Å². The van der Waals surface area contributed by atoms with E-state index in [0.717, 1.165) is 24.2 Å². The molecule has 3 heteroatoms. The third kappa shape index (κ3) is 2.16. The van der Waals surface area contributed by atoms with Gasteiger partial charge in [-0.15, -0.1) is 0 Å². The summed E-state index contributed by atoms with van der Waals surface area (Å²) in [5.41, 5.74) is 2.65. The number of ether oxygens (including phenoxy) is 1. The molecule has 1 aromatic rings. The fourth-order valence-electron chi connectivity index (χ4n) is 1.75. The van der Waals surface area contributed by atoms with Crippen molar-refractivity contribution in [2.75, 3.05) is 19.8 Å². The molecule has 0 bridgehead atoms. The molecule has 1 N–H and O–H groups in total. The zero-order valence-electron chi connectivity index (χ0n) is 8.22. The number of hydrogen-bond acceptors (Lipinski definition) is 2. The number of benzene rings is 1. The van der Waals surface area contributed by atoms with Crippen LogP contribution in [0, 0.1) is 6.92 Å². The van der Waals surface area contributed by atoms with E-state index < -0.39 is 0 Å². The molecule has 2 nitrogen and oxygen atoms in total. The second kappa shape index (κ2) is 4.43. The molecule has 1 aliphatic heterocycles. The molecule has 2 rings (SSSR count). The Labute approximate surface area is 92.8 Å². The quantitative estimate of drug-likeness (QED) is 0.833. The third-order valence-corrected chi connectivity index (χ3v) is 3.03. The largest absolute Gasteiger partial charge is 0.378 e. The van der Waals surface area contributed by atoms with Crippen molar-refractivity contribution < 1.29 is 4.74 Å². The van der Waals surface area contributed by atoms with Crippen molar-refractivity contribution in [2.24, 2.45) is 0 Å². The van der Waals surface area contributed by atoms with Crippen molar-refractivity contribution >= 4 is 15.9 Å². The van der Waals surface area contributed by atoms with Crippen molar-refractivity contribution in [1.82, 2.24) is 5.32 Å². The van der Waals surface area contributed by atoms with E-state index in [1.807, 2.05) is 0 Å². The average Bonchev–Trinajstić information content (AvgIpc) is 2.23. The first-order valence-corrected chi connectivity index (χ1v) is 5.64. The lowest BCUT2D eigenvalue weighted by Crippen LogP contribution is -2.34. The third-order valence-electron chi connectivity index (χ3n) is 2.54. The number of morpholine rings is 1. The van der Waals surface area contributed by atoms with Crippen LogP contribution < -0.4 is 5.32 Å². The van der Waals surface area contributed by atoms with Crippen molar-refractivity contribution in [2.45, 2.75) is 13.0 Å². The first-order chi connectivity index (χ1) is 6.77. The fraction of sp³-hybridized carbons (Fsp3) is 0.455. The molecule has 0 spiro atoms. The van der Waals surface area contributed by atoms with Gasteiger partial charge >= 0.3 is 0 Å². The summed E-state index contributed by atoms with van der Waals surface area (Å²) >= 11 is 3.49. The summed E-state index contributed by atoms with van der Waals surface area (Å²) in [6.45, 7) is 4.68. The van der Waals surface area contributed by atoms with Crippen LogP contribution in [0.3, 0.4) is 0 Å². The van der Waals surface area contributed by atoms with E-state index in [0.29, 0.717) is 6.04 Å². The summed E-state index contributed by atoms with van der Waals surface area (Å²) in [5.74, 6) is 0. The lowest BCUT2D eigenvalue weighted by molar-refractivity contribution is 0.0767. The second-order valence-electron chi connectivity index (χ2n) is 3.58. The Morgan fingerprint density at radius 3 is 3.07 bits per heavy atom. The minimum absolute atomic E-state index is 0.348. The van der Waals surface area contributed by atoms with E-state index in [1.165, 1.54) is 11.1 Å². The minimum Gasteiger partial charge on any atom is -0.378 e. The summed E-state index contributed by atoms with van der Waals surface area (Å²) in [5, 5.41) is 3.46. The molecular weight excluding hydrogens is 242 g/mol. The Kier molecular flexibility index (Phi) is 3.21. The predicted octanol–water partition coefficient (Wildman–Crippen LogP) is 2.42. The van der Waals surface area contributed by atoms with Gasteiger partial charge in [0.05, 0.1) is 19.3 Å². The first-order valence-electron chi connectivity index (χ1n) is 4.84. The maximum Gasteiger partial charge on any atom is 0.0662 e.